The number of benzene rings is 1. The fraction of sp³-hybridized carbons (Fsp3) is 0.231. The van der Waals surface area contributed by atoms with Gasteiger partial charge in [-0.15, -0.1) is 0 Å². The lowest BCUT2D eigenvalue weighted by molar-refractivity contribution is 0.0821. The summed E-state index contributed by atoms with van der Waals surface area (Å²) in [6.45, 7) is 0. The van der Waals surface area contributed by atoms with E-state index in [1.807, 2.05) is 12.1 Å². The Morgan fingerprint density at radius 2 is 1.95 bits per heavy atom. The third-order valence-corrected chi connectivity index (χ3v) is 2.83. The molecule has 0 aliphatic carbocycles. The second kappa shape index (κ2) is 5.32. The summed E-state index contributed by atoms with van der Waals surface area (Å²) in [5.74, 6) is 0.318. The fourth-order valence-electron chi connectivity index (χ4n) is 1.61. The van der Waals surface area contributed by atoms with Crippen LogP contribution in [0.3, 0.4) is 0 Å². The zero-order valence-corrected chi connectivity index (χ0v) is 11.7. The van der Waals surface area contributed by atoms with Crippen molar-refractivity contribution in [2.75, 3.05) is 21.2 Å². The number of aromatic nitrogens is 2. The second-order valence-corrected chi connectivity index (χ2v) is 4.60. The first-order valence-electron chi connectivity index (χ1n) is 5.64. The largest absolute Gasteiger partial charge is 0.481 e. The summed E-state index contributed by atoms with van der Waals surface area (Å²) in [4.78, 5) is 13.4. The first kappa shape index (κ1) is 13.4. The lowest BCUT2D eigenvalue weighted by atomic mass is 10.3. The minimum absolute atomic E-state index is 0.175. The molecule has 5 nitrogen and oxygen atoms in total. The maximum atomic E-state index is 11.9. The molecule has 0 saturated carbocycles. The monoisotopic (exact) mass is 279 g/mol. The van der Waals surface area contributed by atoms with E-state index in [9.17, 15) is 4.79 Å². The average molecular weight is 280 g/mol. The Labute approximate surface area is 116 Å². The number of carbonyl (C=O) groups excluding carboxylic acids is 1. The highest BCUT2D eigenvalue weighted by molar-refractivity contribution is 6.30. The minimum Gasteiger partial charge on any atom is -0.481 e. The molecule has 100 valence electrons. The number of carbonyl (C=O) groups is 1. The molecule has 1 aromatic carbocycles. The zero-order valence-electron chi connectivity index (χ0n) is 10.9. The van der Waals surface area contributed by atoms with Gasteiger partial charge in [-0.1, -0.05) is 11.6 Å². The van der Waals surface area contributed by atoms with Gasteiger partial charge in [-0.25, -0.2) is 4.68 Å². The predicted molar refractivity (Wildman–Crippen MR) is 73.1 cm³/mol. The third-order valence-electron chi connectivity index (χ3n) is 2.58. The number of hydrogen-bond acceptors (Lipinski definition) is 3. The topological polar surface area (TPSA) is 47.4 Å². The molecule has 0 spiro atoms. The number of ether oxygens (including phenoxy) is 1. The van der Waals surface area contributed by atoms with E-state index in [1.54, 1.807) is 37.0 Å². The Balaban J connectivity index is 2.45. The number of rotatable bonds is 3. The average Bonchev–Trinajstić information content (AvgIpc) is 2.82. The van der Waals surface area contributed by atoms with Crippen molar-refractivity contribution in [3.8, 4) is 11.6 Å². The van der Waals surface area contributed by atoms with Crippen LogP contribution in [-0.4, -0.2) is 41.8 Å². The van der Waals surface area contributed by atoms with Crippen molar-refractivity contribution in [1.82, 2.24) is 14.7 Å². The Morgan fingerprint density at radius 1 is 1.32 bits per heavy atom. The van der Waals surface area contributed by atoms with Crippen LogP contribution in [0.15, 0.2) is 30.3 Å². The zero-order chi connectivity index (χ0) is 14.0. The van der Waals surface area contributed by atoms with Gasteiger partial charge in [0.05, 0.1) is 12.8 Å². The van der Waals surface area contributed by atoms with Crippen LogP contribution < -0.4 is 4.74 Å². The highest BCUT2D eigenvalue weighted by Crippen LogP contribution is 2.21. The molecule has 0 atom stereocenters. The molecule has 0 bridgehead atoms. The van der Waals surface area contributed by atoms with E-state index < -0.39 is 0 Å². The van der Waals surface area contributed by atoms with E-state index in [1.165, 1.54) is 12.0 Å². The molecule has 0 radical (unpaired) electrons. The molecule has 19 heavy (non-hydrogen) atoms. The Kier molecular flexibility index (Phi) is 3.76. The van der Waals surface area contributed by atoms with Crippen molar-refractivity contribution < 1.29 is 9.53 Å². The minimum atomic E-state index is -0.175. The molecule has 2 aromatic rings. The maximum Gasteiger partial charge on any atom is 0.273 e. The SMILES string of the molecule is COc1cc(C(=O)N(C)C)nn1-c1ccc(Cl)cc1. The lowest BCUT2D eigenvalue weighted by Gasteiger charge is -2.07. The molecule has 0 N–H and O–H groups in total. The summed E-state index contributed by atoms with van der Waals surface area (Å²) >= 11 is 5.85. The molecule has 2 rings (SSSR count). The molecular weight excluding hydrogens is 266 g/mol. The van der Waals surface area contributed by atoms with Crippen LogP contribution in [0, 0.1) is 0 Å². The van der Waals surface area contributed by atoms with Crippen LogP contribution in [0.25, 0.3) is 5.69 Å². The summed E-state index contributed by atoms with van der Waals surface area (Å²) in [5, 5.41) is 4.90. The highest BCUT2D eigenvalue weighted by Gasteiger charge is 2.17. The summed E-state index contributed by atoms with van der Waals surface area (Å²) in [6.07, 6.45) is 0. The van der Waals surface area contributed by atoms with Crippen LogP contribution in [0.2, 0.25) is 5.02 Å². The molecule has 1 heterocycles. The van der Waals surface area contributed by atoms with Gasteiger partial charge in [0.2, 0.25) is 5.88 Å². The Hall–Kier alpha value is -2.01. The molecule has 0 saturated heterocycles. The van der Waals surface area contributed by atoms with Crippen LogP contribution in [-0.2, 0) is 0 Å². The van der Waals surface area contributed by atoms with Crippen molar-refractivity contribution in [2.45, 2.75) is 0 Å². The first-order valence-corrected chi connectivity index (χ1v) is 6.02. The van der Waals surface area contributed by atoms with Gasteiger partial charge in [-0.3, -0.25) is 4.79 Å². The van der Waals surface area contributed by atoms with Gasteiger partial charge in [0.1, 0.15) is 0 Å². The van der Waals surface area contributed by atoms with Crippen LogP contribution in [0.5, 0.6) is 5.88 Å². The normalized spacial score (nSPS) is 10.3. The maximum absolute atomic E-state index is 11.9. The standard InChI is InChI=1S/C13H14ClN3O2/c1-16(2)13(18)11-8-12(19-3)17(15-11)10-6-4-9(14)5-7-10/h4-8H,1-3H3. The van der Waals surface area contributed by atoms with E-state index >= 15 is 0 Å². The van der Waals surface area contributed by atoms with Gasteiger partial charge >= 0.3 is 0 Å². The van der Waals surface area contributed by atoms with E-state index in [-0.39, 0.29) is 5.91 Å². The van der Waals surface area contributed by atoms with E-state index in [4.69, 9.17) is 16.3 Å². The Morgan fingerprint density at radius 3 is 2.47 bits per heavy atom. The van der Waals surface area contributed by atoms with E-state index in [0.717, 1.165) is 5.69 Å². The molecule has 0 fully saturated rings. The van der Waals surface area contributed by atoms with Gasteiger partial charge in [0.15, 0.2) is 5.69 Å². The highest BCUT2D eigenvalue weighted by atomic mass is 35.5. The smallest absolute Gasteiger partial charge is 0.273 e. The molecule has 0 aliphatic rings. The predicted octanol–water partition coefficient (Wildman–Crippen LogP) is 2.24. The third kappa shape index (κ3) is 2.71. The summed E-state index contributed by atoms with van der Waals surface area (Å²) in [5.41, 5.74) is 1.11. The Bertz CT molecular complexity index is 590. The van der Waals surface area contributed by atoms with E-state index in [0.29, 0.717) is 16.6 Å². The summed E-state index contributed by atoms with van der Waals surface area (Å²) in [6, 6.07) is 8.73. The second-order valence-electron chi connectivity index (χ2n) is 4.16. The molecule has 0 unspecified atom stereocenters. The fourth-order valence-corrected chi connectivity index (χ4v) is 1.74. The molecule has 1 aromatic heterocycles. The van der Waals surface area contributed by atoms with Crippen LogP contribution >= 0.6 is 11.6 Å². The van der Waals surface area contributed by atoms with Crippen molar-refractivity contribution >= 4 is 17.5 Å². The molecular formula is C13H14ClN3O2. The number of methoxy groups -OCH3 is 1. The van der Waals surface area contributed by atoms with Gasteiger partial charge in [-0.05, 0) is 24.3 Å². The van der Waals surface area contributed by atoms with Crippen LogP contribution in [0.1, 0.15) is 10.5 Å². The molecule has 0 aliphatic heterocycles. The van der Waals surface area contributed by atoms with Crippen molar-refractivity contribution in [2.24, 2.45) is 0 Å². The molecule has 1 amide bonds. The summed E-state index contributed by atoms with van der Waals surface area (Å²) < 4.78 is 6.80. The summed E-state index contributed by atoms with van der Waals surface area (Å²) in [7, 11) is 4.89. The molecule has 6 heteroatoms. The quantitative estimate of drug-likeness (QED) is 0.866. The van der Waals surface area contributed by atoms with Gasteiger partial charge in [0, 0.05) is 25.2 Å². The number of nitrogens with zero attached hydrogens (tertiary/aromatic N) is 3. The van der Waals surface area contributed by atoms with Crippen molar-refractivity contribution in [1.29, 1.82) is 0 Å². The van der Waals surface area contributed by atoms with Gasteiger partial charge in [0.25, 0.3) is 5.91 Å². The van der Waals surface area contributed by atoms with Crippen molar-refractivity contribution in [3.05, 3.63) is 41.0 Å². The van der Waals surface area contributed by atoms with Gasteiger partial charge < -0.3 is 9.64 Å². The van der Waals surface area contributed by atoms with Crippen LogP contribution in [0.4, 0.5) is 0 Å². The number of amides is 1. The van der Waals surface area contributed by atoms with Crippen molar-refractivity contribution in [3.63, 3.8) is 0 Å². The first-order chi connectivity index (χ1) is 9.02. The van der Waals surface area contributed by atoms with E-state index in [2.05, 4.69) is 5.10 Å². The van der Waals surface area contributed by atoms with Gasteiger partial charge in [-0.2, -0.15) is 5.10 Å². The number of halogens is 1. The number of hydrogen-bond donors (Lipinski definition) is 0. The lowest BCUT2D eigenvalue weighted by Crippen LogP contribution is -2.22.